The van der Waals surface area contributed by atoms with Crippen molar-refractivity contribution in [3.05, 3.63) is 40.8 Å². The second kappa shape index (κ2) is 3.91. The number of rotatable bonds is 3. The molecule has 0 amide bonds. The molecule has 1 aliphatic rings. The maximum atomic E-state index is 12.5. The molecule has 0 spiro atoms. The lowest BCUT2D eigenvalue weighted by atomic mass is 10.0. The Morgan fingerprint density at radius 2 is 1.68 bits per heavy atom. The first-order valence-corrected chi connectivity index (χ1v) is 8.52. The predicted molar refractivity (Wildman–Crippen MR) is 71.2 cm³/mol. The SMILES string of the molecule is CC1=CC(Cc2ccc(S(F)(F)(F)(F)F)cc2)CS1. The Morgan fingerprint density at radius 1 is 1.11 bits per heavy atom. The maximum absolute atomic E-state index is 12.5. The molecule has 0 aromatic heterocycles. The Bertz CT molecular complexity index is 515. The lowest BCUT2D eigenvalue weighted by molar-refractivity contribution is 0.364. The summed E-state index contributed by atoms with van der Waals surface area (Å²) in [6.07, 6.45) is 2.63. The third-order valence-electron chi connectivity index (χ3n) is 2.86. The van der Waals surface area contributed by atoms with Crippen LogP contribution in [0, 0.1) is 5.92 Å². The predicted octanol–water partition coefficient (Wildman–Crippen LogP) is 6.15. The van der Waals surface area contributed by atoms with E-state index >= 15 is 0 Å². The van der Waals surface area contributed by atoms with Crippen LogP contribution < -0.4 is 0 Å². The summed E-state index contributed by atoms with van der Waals surface area (Å²) < 4.78 is 62.6. The van der Waals surface area contributed by atoms with Crippen molar-refractivity contribution in [3.63, 3.8) is 0 Å². The molecule has 0 fully saturated rings. The van der Waals surface area contributed by atoms with Crippen molar-refractivity contribution in [1.82, 2.24) is 0 Å². The van der Waals surface area contributed by atoms with Gasteiger partial charge in [0.25, 0.3) is 0 Å². The first-order chi connectivity index (χ1) is 8.44. The van der Waals surface area contributed by atoms with Gasteiger partial charge in [0.2, 0.25) is 0 Å². The molecule has 1 heterocycles. The lowest BCUT2D eigenvalue weighted by Gasteiger charge is -2.40. The van der Waals surface area contributed by atoms with Gasteiger partial charge in [-0.25, -0.2) is 0 Å². The van der Waals surface area contributed by atoms with E-state index < -0.39 is 15.1 Å². The first kappa shape index (κ1) is 14.7. The van der Waals surface area contributed by atoms with Crippen LogP contribution >= 0.6 is 22.0 Å². The van der Waals surface area contributed by atoms with Crippen molar-refractivity contribution in [2.24, 2.45) is 5.92 Å². The van der Waals surface area contributed by atoms with Crippen LogP contribution in [0.1, 0.15) is 12.5 Å². The zero-order valence-corrected chi connectivity index (χ0v) is 11.7. The molecule has 0 saturated carbocycles. The summed E-state index contributed by atoms with van der Waals surface area (Å²) in [5.74, 6) is 1.14. The van der Waals surface area contributed by atoms with Gasteiger partial charge in [-0.05, 0) is 41.9 Å². The van der Waals surface area contributed by atoms with E-state index in [1.54, 1.807) is 11.8 Å². The van der Waals surface area contributed by atoms with Crippen molar-refractivity contribution < 1.29 is 19.4 Å². The fourth-order valence-corrected chi connectivity index (χ4v) is 3.60. The number of benzene rings is 1. The minimum atomic E-state index is -9.53. The Labute approximate surface area is 112 Å². The molecule has 0 nitrogen and oxygen atoms in total. The Balaban J connectivity index is 2.16. The number of thioether (sulfide) groups is 1. The molecular weight excluding hydrogens is 303 g/mol. The molecule has 0 aliphatic carbocycles. The quantitative estimate of drug-likeness (QED) is 0.602. The number of halogens is 5. The van der Waals surface area contributed by atoms with Crippen molar-refractivity contribution in [1.29, 1.82) is 0 Å². The van der Waals surface area contributed by atoms with E-state index in [0.29, 0.717) is 24.1 Å². The molecule has 0 saturated heterocycles. The van der Waals surface area contributed by atoms with E-state index in [1.165, 1.54) is 4.91 Å². The highest BCUT2D eigenvalue weighted by molar-refractivity contribution is 8.45. The highest BCUT2D eigenvalue weighted by atomic mass is 32.5. The maximum Gasteiger partial charge on any atom is 0.310 e. The largest absolute Gasteiger partial charge is 0.310 e. The molecule has 7 heteroatoms. The fourth-order valence-electron chi connectivity index (χ4n) is 1.97. The van der Waals surface area contributed by atoms with E-state index in [1.807, 2.05) is 6.92 Å². The Hall–Kier alpha value is -0.690. The number of hydrogen-bond acceptors (Lipinski definition) is 1. The van der Waals surface area contributed by atoms with Crippen LogP contribution in [0.4, 0.5) is 19.4 Å². The van der Waals surface area contributed by atoms with Crippen molar-refractivity contribution in [2.75, 3.05) is 5.75 Å². The normalized spacial score (nSPS) is 23.7. The van der Waals surface area contributed by atoms with Crippen molar-refractivity contribution in [3.8, 4) is 0 Å². The number of allylic oxidation sites excluding steroid dienone is 2. The third kappa shape index (κ3) is 3.89. The molecule has 1 aliphatic heterocycles. The van der Waals surface area contributed by atoms with Crippen molar-refractivity contribution in [2.45, 2.75) is 18.2 Å². The second-order valence-electron chi connectivity index (χ2n) is 4.67. The molecule has 2 rings (SSSR count). The molecule has 0 N–H and O–H groups in total. The lowest BCUT2D eigenvalue weighted by Crippen LogP contribution is -2.06. The zero-order valence-electron chi connectivity index (χ0n) is 10.1. The molecule has 0 radical (unpaired) electrons. The van der Waals surface area contributed by atoms with Crippen LogP contribution in [0.25, 0.3) is 0 Å². The van der Waals surface area contributed by atoms with Gasteiger partial charge in [0.1, 0.15) is 4.90 Å². The van der Waals surface area contributed by atoms with Crippen LogP contribution in [-0.2, 0) is 6.42 Å². The van der Waals surface area contributed by atoms with Crippen LogP contribution in [0.15, 0.2) is 40.1 Å². The summed E-state index contributed by atoms with van der Waals surface area (Å²) in [5, 5.41) is 0. The van der Waals surface area contributed by atoms with Gasteiger partial charge in [0.05, 0.1) is 0 Å². The average Bonchev–Trinajstić information content (AvgIpc) is 2.61. The molecule has 1 aromatic carbocycles. The van der Waals surface area contributed by atoms with Gasteiger partial charge in [-0.15, -0.1) is 11.8 Å². The van der Waals surface area contributed by atoms with E-state index in [2.05, 4.69) is 6.08 Å². The Morgan fingerprint density at radius 3 is 2.11 bits per heavy atom. The summed E-state index contributed by atoms with van der Waals surface area (Å²) in [6, 6.07) is 3.24. The summed E-state index contributed by atoms with van der Waals surface area (Å²) in [7, 11) is -9.53. The van der Waals surface area contributed by atoms with Crippen LogP contribution in [-0.4, -0.2) is 5.75 Å². The molecule has 1 aromatic rings. The van der Waals surface area contributed by atoms with Crippen LogP contribution in [0.3, 0.4) is 0 Å². The summed E-state index contributed by atoms with van der Waals surface area (Å²) >= 11 is 1.70. The average molecular weight is 316 g/mol. The molecule has 1 atom stereocenters. The third-order valence-corrected chi connectivity index (χ3v) is 5.21. The van der Waals surface area contributed by atoms with E-state index in [0.717, 1.165) is 17.9 Å². The highest BCUT2D eigenvalue weighted by Gasteiger charge is 2.65. The smallest absolute Gasteiger partial charge is 0.131 e. The molecule has 108 valence electrons. The zero-order chi connectivity index (χ0) is 14.4. The van der Waals surface area contributed by atoms with Gasteiger partial charge >= 0.3 is 10.2 Å². The van der Waals surface area contributed by atoms with Crippen LogP contribution in [0.2, 0.25) is 0 Å². The van der Waals surface area contributed by atoms with Gasteiger partial charge in [0, 0.05) is 5.75 Å². The summed E-state index contributed by atoms with van der Waals surface area (Å²) in [4.78, 5) is -0.634. The summed E-state index contributed by atoms with van der Waals surface area (Å²) in [6.45, 7) is 1.97. The standard InChI is InChI=1S/C12H13F5S2/c1-9-6-11(8-18-9)7-10-2-4-12(5-3-10)19(13,14,15,16)17/h2-6,11H,7-8H2,1H3. The van der Waals surface area contributed by atoms with Crippen LogP contribution in [0.5, 0.6) is 0 Å². The fraction of sp³-hybridized carbons (Fsp3) is 0.333. The Kier molecular flexibility index (Phi) is 3.03. The van der Waals surface area contributed by atoms with E-state index in [-0.39, 0.29) is 5.92 Å². The van der Waals surface area contributed by atoms with E-state index in [9.17, 15) is 19.4 Å². The van der Waals surface area contributed by atoms with Gasteiger partial charge in [-0.3, -0.25) is 0 Å². The summed E-state index contributed by atoms with van der Waals surface area (Å²) in [5.41, 5.74) is 0.641. The van der Waals surface area contributed by atoms with Gasteiger partial charge < -0.3 is 0 Å². The minimum Gasteiger partial charge on any atom is -0.131 e. The molecular formula is C12H13F5S2. The molecule has 1 unspecified atom stereocenters. The van der Waals surface area contributed by atoms with Gasteiger partial charge in [-0.1, -0.05) is 37.6 Å². The highest BCUT2D eigenvalue weighted by Crippen LogP contribution is 3.02. The monoisotopic (exact) mass is 316 g/mol. The first-order valence-electron chi connectivity index (χ1n) is 5.58. The number of hydrogen-bond donors (Lipinski definition) is 0. The van der Waals surface area contributed by atoms with E-state index in [4.69, 9.17) is 0 Å². The van der Waals surface area contributed by atoms with Gasteiger partial charge in [-0.2, -0.15) is 0 Å². The van der Waals surface area contributed by atoms with Crippen molar-refractivity contribution >= 4 is 22.0 Å². The minimum absolute atomic E-state index is 0.260. The molecule has 0 bridgehead atoms. The van der Waals surface area contributed by atoms with Gasteiger partial charge in [0.15, 0.2) is 0 Å². The molecule has 19 heavy (non-hydrogen) atoms. The second-order valence-corrected chi connectivity index (χ2v) is 8.34. The topological polar surface area (TPSA) is 0 Å².